The van der Waals surface area contributed by atoms with Crippen LogP contribution in [0.25, 0.3) is 16.0 Å². The summed E-state index contributed by atoms with van der Waals surface area (Å²) in [6.45, 7) is 6.87. The first-order valence-corrected chi connectivity index (χ1v) is 5.87. The van der Waals surface area contributed by atoms with E-state index in [0.29, 0.717) is 0 Å². The second-order valence-electron chi connectivity index (χ2n) is 3.70. The summed E-state index contributed by atoms with van der Waals surface area (Å²) < 4.78 is 66.6. The Bertz CT molecular complexity index is 722. The Morgan fingerprint density at radius 3 is 1.85 bits per heavy atom. The molecule has 0 saturated carbocycles. The van der Waals surface area contributed by atoms with Gasteiger partial charge in [-0.15, -0.1) is 0 Å². The quantitative estimate of drug-likeness (QED) is 0.283. The molecule has 0 aromatic heterocycles. The van der Waals surface area contributed by atoms with Gasteiger partial charge in [-0.05, 0) is 5.56 Å². The zero-order chi connectivity index (χ0) is 15.0. The predicted octanol–water partition coefficient (Wildman–Crippen LogP) is 5.36. The minimum atomic E-state index is -2.22. The Kier molecular flexibility index (Phi) is 3.77. The molecular formula is C13H3BrF5N. The predicted molar refractivity (Wildman–Crippen MR) is 65.6 cm³/mol. The van der Waals surface area contributed by atoms with E-state index >= 15 is 0 Å². The number of hydrogen-bond donors (Lipinski definition) is 0. The van der Waals surface area contributed by atoms with E-state index < -0.39 is 34.6 Å². The highest BCUT2D eigenvalue weighted by molar-refractivity contribution is 9.10. The minimum Gasteiger partial charge on any atom is -0.237 e. The number of halogens is 6. The van der Waals surface area contributed by atoms with Gasteiger partial charge in [0, 0.05) is 4.47 Å². The van der Waals surface area contributed by atoms with Crippen molar-refractivity contribution in [3.8, 4) is 11.1 Å². The molecule has 0 saturated heterocycles. The van der Waals surface area contributed by atoms with Gasteiger partial charge in [0.2, 0.25) is 11.5 Å². The zero-order valence-electron chi connectivity index (χ0n) is 9.45. The lowest BCUT2D eigenvalue weighted by Gasteiger charge is -2.10. The van der Waals surface area contributed by atoms with E-state index in [2.05, 4.69) is 20.8 Å². The van der Waals surface area contributed by atoms with E-state index in [1.165, 1.54) is 12.1 Å². The Morgan fingerprint density at radius 2 is 1.35 bits per heavy atom. The highest BCUT2D eigenvalue weighted by Gasteiger charge is 2.27. The number of rotatable bonds is 1. The van der Waals surface area contributed by atoms with Gasteiger partial charge < -0.3 is 0 Å². The van der Waals surface area contributed by atoms with E-state index in [1.807, 2.05) is 0 Å². The van der Waals surface area contributed by atoms with Crippen LogP contribution in [0.5, 0.6) is 0 Å². The fourth-order valence-corrected chi connectivity index (χ4v) is 2.19. The molecule has 0 bridgehead atoms. The first-order valence-electron chi connectivity index (χ1n) is 5.08. The second kappa shape index (κ2) is 5.21. The SMILES string of the molecule is [C-]#[N+]c1cccc(-c2c(F)c(F)c(F)c(F)c2F)c1Br. The van der Waals surface area contributed by atoms with Gasteiger partial charge in [-0.3, -0.25) is 0 Å². The van der Waals surface area contributed by atoms with E-state index in [4.69, 9.17) is 6.57 Å². The van der Waals surface area contributed by atoms with Gasteiger partial charge in [0.15, 0.2) is 23.3 Å². The van der Waals surface area contributed by atoms with Crippen LogP contribution in [-0.4, -0.2) is 0 Å². The summed E-state index contributed by atoms with van der Waals surface area (Å²) in [6.07, 6.45) is 0. The molecule has 2 rings (SSSR count). The molecule has 1 nitrogen and oxygen atoms in total. The maximum Gasteiger partial charge on any atom is 0.201 e. The third kappa shape index (κ3) is 2.06. The Balaban J connectivity index is 2.88. The van der Waals surface area contributed by atoms with Crippen molar-refractivity contribution in [1.82, 2.24) is 0 Å². The maximum absolute atomic E-state index is 13.7. The molecule has 0 fully saturated rings. The van der Waals surface area contributed by atoms with Crippen molar-refractivity contribution in [2.24, 2.45) is 0 Å². The van der Waals surface area contributed by atoms with Crippen molar-refractivity contribution < 1.29 is 22.0 Å². The van der Waals surface area contributed by atoms with Crippen molar-refractivity contribution in [1.29, 1.82) is 0 Å². The maximum atomic E-state index is 13.7. The van der Waals surface area contributed by atoms with Crippen LogP contribution in [0.4, 0.5) is 27.6 Å². The van der Waals surface area contributed by atoms with Crippen LogP contribution in [0.15, 0.2) is 22.7 Å². The number of nitrogens with zero attached hydrogens (tertiary/aromatic N) is 1. The third-order valence-electron chi connectivity index (χ3n) is 2.58. The molecule has 0 atom stereocenters. The highest BCUT2D eigenvalue weighted by atomic mass is 79.9. The summed E-state index contributed by atoms with van der Waals surface area (Å²) >= 11 is 2.93. The van der Waals surface area contributed by atoms with Gasteiger partial charge in [0.05, 0.1) is 12.1 Å². The van der Waals surface area contributed by atoms with E-state index in [9.17, 15) is 22.0 Å². The Hall–Kier alpha value is -1.94. The normalized spacial score (nSPS) is 10.4. The molecule has 0 amide bonds. The number of benzene rings is 2. The lowest BCUT2D eigenvalue weighted by molar-refractivity contribution is 0.381. The summed E-state index contributed by atoms with van der Waals surface area (Å²) in [5, 5.41) is 0. The molecule has 0 heterocycles. The molecule has 0 spiro atoms. The standard InChI is InChI=1S/C13H3BrF5N/c1-20-6-4-2-3-5(8(6)14)7-9(15)11(17)13(19)12(18)10(7)16/h2-4H. The summed E-state index contributed by atoms with van der Waals surface area (Å²) in [5.74, 6) is -10.2. The molecule has 0 aliphatic rings. The molecule has 0 aliphatic heterocycles. The van der Waals surface area contributed by atoms with Crippen LogP contribution < -0.4 is 0 Å². The largest absolute Gasteiger partial charge is 0.237 e. The molecule has 20 heavy (non-hydrogen) atoms. The summed E-state index contributed by atoms with van der Waals surface area (Å²) in [5.41, 5.74) is -1.36. The highest BCUT2D eigenvalue weighted by Crippen LogP contribution is 2.39. The topological polar surface area (TPSA) is 4.36 Å². The van der Waals surface area contributed by atoms with Crippen LogP contribution in [0.2, 0.25) is 0 Å². The minimum absolute atomic E-state index is 0.00792. The second-order valence-corrected chi connectivity index (χ2v) is 4.49. The zero-order valence-corrected chi connectivity index (χ0v) is 11.0. The van der Waals surface area contributed by atoms with Crippen molar-refractivity contribution in [3.05, 3.63) is 63.2 Å². The first-order chi connectivity index (χ1) is 9.40. The molecular weight excluding hydrogens is 345 g/mol. The first kappa shape index (κ1) is 14.5. The van der Waals surface area contributed by atoms with E-state index in [1.54, 1.807) is 0 Å². The van der Waals surface area contributed by atoms with Gasteiger partial charge >= 0.3 is 0 Å². The van der Waals surface area contributed by atoms with Crippen LogP contribution in [0.1, 0.15) is 0 Å². The van der Waals surface area contributed by atoms with Crippen molar-refractivity contribution >= 4 is 21.6 Å². The van der Waals surface area contributed by atoms with Crippen molar-refractivity contribution in [2.75, 3.05) is 0 Å². The van der Waals surface area contributed by atoms with Gasteiger partial charge in [0.1, 0.15) is 0 Å². The lowest BCUT2D eigenvalue weighted by Crippen LogP contribution is -2.04. The monoisotopic (exact) mass is 347 g/mol. The summed E-state index contributed by atoms with van der Waals surface area (Å²) in [6, 6.07) is 3.77. The summed E-state index contributed by atoms with van der Waals surface area (Å²) in [7, 11) is 0. The Morgan fingerprint density at radius 1 is 0.850 bits per heavy atom. The van der Waals surface area contributed by atoms with Crippen molar-refractivity contribution in [2.45, 2.75) is 0 Å². The average molecular weight is 348 g/mol. The van der Waals surface area contributed by atoms with Crippen LogP contribution >= 0.6 is 15.9 Å². The van der Waals surface area contributed by atoms with Crippen LogP contribution in [-0.2, 0) is 0 Å². The van der Waals surface area contributed by atoms with Crippen LogP contribution in [0, 0.1) is 35.7 Å². The molecule has 7 heteroatoms. The van der Waals surface area contributed by atoms with Gasteiger partial charge in [-0.2, -0.15) is 0 Å². The molecule has 102 valence electrons. The lowest BCUT2D eigenvalue weighted by atomic mass is 10.0. The molecule has 0 radical (unpaired) electrons. The number of hydrogen-bond acceptors (Lipinski definition) is 0. The van der Waals surface area contributed by atoms with Crippen LogP contribution in [0.3, 0.4) is 0 Å². The van der Waals surface area contributed by atoms with Gasteiger partial charge in [0.25, 0.3) is 0 Å². The molecule has 0 N–H and O–H groups in total. The fraction of sp³-hybridized carbons (Fsp3) is 0. The Labute approximate surface area is 118 Å². The van der Waals surface area contributed by atoms with Gasteiger partial charge in [-0.25, -0.2) is 26.8 Å². The summed E-state index contributed by atoms with van der Waals surface area (Å²) in [4.78, 5) is 3.07. The average Bonchev–Trinajstić information content (AvgIpc) is 2.45. The third-order valence-corrected chi connectivity index (χ3v) is 3.41. The molecule has 0 unspecified atom stereocenters. The van der Waals surface area contributed by atoms with Gasteiger partial charge in [-0.1, -0.05) is 34.1 Å². The molecule has 2 aromatic carbocycles. The fourth-order valence-electron chi connectivity index (χ4n) is 1.64. The van der Waals surface area contributed by atoms with E-state index in [-0.39, 0.29) is 15.7 Å². The van der Waals surface area contributed by atoms with Crippen molar-refractivity contribution in [3.63, 3.8) is 0 Å². The van der Waals surface area contributed by atoms with E-state index in [0.717, 1.165) is 6.07 Å². The molecule has 0 aliphatic carbocycles. The molecule has 2 aromatic rings. The smallest absolute Gasteiger partial charge is 0.201 e.